The molecule has 19 heavy (non-hydrogen) atoms. The molecule has 0 radical (unpaired) electrons. The van der Waals surface area contributed by atoms with Crippen LogP contribution in [0.15, 0.2) is 24.3 Å². The van der Waals surface area contributed by atoms with Gasteiger partial charge in [0.1, 0.15) is 0 Å². The van der Waals surface area contributed by atoms with Crippen molar-refractivity contribution >= 4 is 22.4 Å². The summed E-state index contributed by atoms with van der Waals surface area (Å²) in [5, 5.41) is 4.57. The van der Waals surface area contributed by atoms with Gasteiger partial charge in [0.15, 0.2) is 0 Å². The lowest BCUT2D eigenvalue weighted by atomic mass is 9.95. The van der Waals surface area contributed by atoms with Gasteiger partial charge in [0.05, 0.1) is 0 Å². The molecule has 1 fully saturated rings. The van der Waals surface area contributed by atoms with Crippen LogP contribution in [0, 0.1) is 0 Å². The molecule has 1 aromatic carbocycles. The maximum atomic E-state index is 12.5. The molecular formula is C15H22ClNOS. The molecule has 0 saturated heterocycles. The third-order valence-corrected chi connectivity index (χ3v) is 5.75. The Balaban J connectivity index is 1.90. The highest BCUT2D eigenvalue weighted by Gasteiger charge is 2.25. The highest BCUT2D eigenvalue weighted by Crippen LogP contribution is 2.24. The largest absolute Gasteiger partial charge is 0.314 e. The zero-order chi connectivity index (χ0) is 13.7. The van der Waals surface area contributed by atoms with E-state index in [-0.39, 0.29) is 0 Å². The van der Waals surface area contributed by atoms with Crippen molar-refractivity contribution in [1.29, 1.82) is 0 Å². The van der Waals surface area contributed by atoms with Gasteiger partial charge in [0.2, 0.25) is 0 Å². The lowest BCUT2D eigenvalue weighted by Gasteiger charge is -2.29. The smallest absolute Gasteiger partial charge is 0.0488 e. The molecule has 0 bridgehead atoms. The molecule has 1 aromatic rings. The molecule has 1 saturated carbocycles. The molecule has 3 unspecified atom stereocenters. The zero-order valence-corrected chi connectivity index (χ0v) is 13.0. The molecule has 1 aliphatic rings. The molecule has 0 spiro atoms. The van der Waals surface area contributed by atoms with Crippen LogP contribution in [-0.4, -0.2) is 22.0 Å². The number of rotatable bonds is 5. The van der Waals surface area contributed by atoms with Gasteiger partial charge >= 0.3 is 0 Å². The van der Waals surface area contributed by atoms with Crippen molar-refractivity contribution in [3.8, 4) is 0 Å². The number of hydrogen-bond acceptors (Lipinski definition) is 2. The zero-order valence-electron chi connectivity index (χ0n) is 11.4. The van der Waals surface area contributed by atoms with Crippen molar-refractivity contribution in [2.24, 2.45) is 0 Å². The van der Waals surface area contributed by atoms with Gasteiger partial charge in [-0.15, -0.1) is 0 Å². The van der Waals surface area contributed by atoms with Crippen molar-refractivity contribution in [2.45, 2.75) is 49.7 Å². The fourth-order valence-electron chi connectivity index (χ4n) is 2.72. The molecule has 106 valence electrons. The quantitative estimate of drug-likeness (QED) is 0.901. The Morgan fingerprint density at radius 2 is 2.05 bits per heavy atom. The van der Waals surface area contributed by atoms with Gasteiger partial charge in [-0.25, -0.2) is 0 Å². The van der Waals surface area contributed by atoms with E-state index >= 15 is 0 Å². The minimum Gasteiger partial charge on any atom is -0.314 e. The average molecular weight is 300 g/mol. The van der Waals surface area contributed by atoms with Crippen molar-refractivity contribution in [3.05, 3.63) is 34.9 Å². The van der Waals surface area contributed by atoms with Crippen LogP contribution in [0.3, 0.4) is 0 Å². The fourth-order valence-corrected chi connectivity index (χ4v) is 4.48. The second kappa shape index (κ2) is 7.41. The van der Waals surface area contributed by atoms with Crippen molar-refractivity contribution in [2.75, 3.05) is 6.54 Å². The van der Waals surface area contributed by atoms with Crippen LogP contribution in [0.2, 0.25) is 5.02 Å². The molecule has 2 rings (SSSR count). The monoisotopic (exact) mass is 299 g/mol. The molecule has 3 atom stereocenters. The van der Waals surface area contributed by atoms with E-state index in [1.54, 1.807) is 0 Å². The Morgan fingerprint density at radius 1 is 1.32 bits per heavy atom. The number of hydrogen-bond donors (Lipinski definition) is 1. The second-order valence-corrected chi connectivity index (χ2v) is 7.35. The fraction of sp³-hybridized carbons (Fsp3) is 0.600. The Hall–Kier alpha value is -0.380. The SMILES string of the molecule is CCNC1CCCC(S(=O)Cc2ccc(Cl)cc2)C1. The van der Waals surface area contributed by atoms with E-state index in [1.807, 2.05) is 24.3 Å². The predicted octanol–water partition coefficient (Wildman–Crippen LogP) is 3.51. The first-order chi connectivity index (χ1) is 9.19. The third kappa shape index (κ3) is 4.59. The summed E-state index contributed by atoms with van der Waals surface area (Å²) in [4.78, 5) is 0. The number of nitrogens with one attached hydrogen (secondary N) is 1. The minimum atomic E-state index is -0.771. The van der Waals surface area contributed by atoms with Gasteiger partial charge < -0.3 is 5.32 Å². The van der Waals surface area contributed by atoms with Gasteiger partial charge in [-0.05, 0) is 43.5 Å². The van der Waals surface area contributed by atoms with Gasteiger partial charge in [-0.1, -0.05) is 37.1 Å². The first-order valence-corrected chi connectivity index (χ1v) is 8.80. The van der Waals surface area contributed by atoms with Gasteiger partial charge in [0.25, 0.3) is 0 Å². The average Bonchev–Trinajstić information content (AvgIpc) is 2.42. The van der Waals surface area contributed by atoms with Gasteiger partial charge in [0, 0.05) is 32.9 Å². The molecule has 4 heteroatoms. The Bertz CT molecular complexity index is 419. The van der Waals surface area contributed by atoms with E-state index < -0.39 is 10.8 Å². The summed E-state index contributed by atoms with van der Waals surface area (Å²) in [7, 11) is -0.771. The van der Waals surface area contributed by atoms with Crippen LogP contribution in [0.25, 0.3) is 0 Å². The van der Waals surface area contributed by atoms with E-state index in [1.165, 1.54) is 12.8 Å². The van der Waals surface area contributed by atoms with Gasteiger partial charge in [-0.3, -0.25) is 4.21 Å². The van der Waals surface area contributed by atoms with Crippen LogP contribution in [-0.2, 0) is 16.6 Å². The van der Waals surface area contributed by atoms with Crippen LogP contribution < -0.4 is 5.32 Å². The van der Waals surface area contributed by atoms with Crippen molar-refractivity contribution < 1.29 is 4.21 Å². The Kier molecular flexibility index (Phi) is 5.86. The van der Waals surface area contributed by atoms with Crippen molar-refractivity contribution in [1.82, 2.24) is 5.32 Å². The molecule has 0 heterocycles. The molecule has 1 N–H and O–H groups in total. The summed E-state index contributed by atoms with van der Waals surface area (Å²) < 4.78 is 12.5. The van der Waals surface area contributed by atoms with E-state index in [2.05, 4.69) is 12.2 Å². The summed E-state index contributed by atoms with van der Waals surface area (Å²) in [6.07, 6.45) is 4.56. The molecule has 0 amide bonds. The summed E-state index contributed by atoms with van der Waals surface area (Å²) in [6, 6.07) is 8.25. The summed E-state index contributed by atoms with van der Waals surface area (Å²) >= 11 is 5.87. The van der Waals surface area contributed by atoms with E-state index in [0.29, 0.717) is 17.0 Å². The summed E-state index contributed by atoms with van der Waals surface area (Å²) in [6.45, 7) is 3.13. The van der Waals surface area contributed by atoms with Crippen LogP contribution in [0.4, 0.5) is 0 Å². The topological polar surface area (TPSA) is 29.1 Å². The summed E-state index contributed by atoms with van der Waals surface area (Å²) in [5.41, 5.74) is 1.12. The van der Waals surface area contributed by atoms with Crippen molar-refractivity contribution in [3.63, 3.8) is 0 Å². The maximum absolute atomic E-state index is 12.5. The first kappa shape index (κ1) is 15.0. The standard InChI is InChI=1S/C15H22ClNOS/c1-2-17-14-4-3-5-15(10-14)19(18)11-12-6-8-13(16)9-7-12/h6-9,14-15,17H,2-5,10-11H2,1H3. The molecule has 0 aliphatic heterocycles. The van der Waals surface area contributed by atoms with E-state index in [4.69, 9.17) is 11.6 Å². The predicted molar refractivity (Wildman–Crippen MR) is 83.0 cm³/mol. The lowest BCUT2D eigenvalue weighted by Crippen LogP contribution is -2.37. The first-order valence-electron chi connectivity index (χ1n) is 7.04. The normalized spacial score (nSPS) is 25.2. The van der Waals surface area contributed by atoms with Gasteiger partial charge in [-0.2, -0.15) is 0 Å². The summed E-state index contributed by atoms with van der Waals surface area (Å²) in [5.74, 6) is 0.653. The third-order valence-electron chi connectivity index (χ3n) is 3.71. The van der Waals surface area contributed by atoms with Crippen LogP contribution in [0.1, 0.15) is 38.2 Å². The molecule has 0 aromatic heterocycles. The number of halogens is 1. The molecule has 2 nitrogen and oxygen atoms in total. The maximum Gasteiger partial charge on any atom is 0.0488 e. The Morgan fingerprint density at radius 3 is 2.74 bits per heavy atom. The Labute approximate surface area is 123 Å². The second-order valence-electron chi connectivity index (χ2n) is 5.19. The molecule has 1 aliphatic carbocycles. The minimum absolute atomic E-state index is 0.341. The lowest BCUT2D eigenvalue weighted by molar-refractivity contribution is 0.383. The van der Waals surface area contributed by atoms with E-state index in [9.17, 15) is 4.21 Å². The highest BCUT2D eigenvalue weighted by atomic mass is 35.5. The molecular weight excluding hydrogens is 278 g/mol. The number of benzene rings is 1. The van der Waals surface area contributed by atoms with Crippen LogP contribution >= 0.6 is 11.6 Å². The highest BCUT2D eigenvalue weighted by molar-refractivity contribution is 7.84. The van der Waals surface area contributed by atoms with E-state index in [0.717, 1.165) is 30.0 Å². The van der Waals surface area contributed by atoms with Crippen LogP contribution in [0.5, 0.6) is 0 Å².